The van der Waals surface area contributed by atoms with Crippen LogP contribution in [0.4, 0.5) is 0 Å². The SMILES string of the molecule is O=S1(=O)CC(S(=O)(=O)c2ccccc2)c2ccc(OCCCBr)cc21. The standard InChI is InChI=1S/C17H17BrO5S2/c18-9-4-10-23-13-7-8-15-16(11-13)24(19,20)12-17(15)25(21,22)14-5-2-1-3-6-14/h1-3,5-8,11,17H,4,9-10,12H2. The lowest BCUT2D eigenvalue weighted by molar-refractivity contribution is 0.318. The minimum atomic E-state index is -3.78. The minimum absolute atomic E-state index is 0.0494. The highest BCUT2D eigenvalue weighted by Crippen LogP contribution is 2.42. The quantitative estimate of drug-likeness (QED) is 0.504. The van der Waals surface area contributed by atoms with Gasteiger partial charge >= 0.3 is 0 Å². The Morgan fingerprint density at radius 3 is 2.52 bits per heavy atom. The number of rotatable bonds is 6. The first-order valence-corrected chi connectivity index (χ1v) is 12.0. The monoisotopic (exact) mass is 444 g/mol. The molecule has 0 aliphatic carbocycles. The molecule has 8 heteroatoms. The third-order valence-electron chi connectivity index (χ3n) is 4.03. The molecule has 25 heavy (non-hydrogen) atoms. The Hall–Kier alpha value is -1.38. The van der Waals surface area contributed by atoms with Gasteiger partial charge in [-0.05, 0) is 36.2 Å². The fourth-order valence-corrected chi connectivity index (χ4v) is 7.38. The molecule has 0 saturated carbocycles. The van der Waals surface area contributed by atoms with Crippen molar-refractivity contribution >= 4 is 35.6 Å². The van der Waals surface area contributed by atoms with Gasteiger partial charge in [-0.15, -0.1) is 0 Å². The van der Waals surface area contributed by atoms with E-state index >= 15 is 0 Å². The lowest BCUT2D eigenvalue weighted by atomic mass is 10.1. The molecule has 1 atom stereocenters. The van der Waals surface area contributed by atoms with Gasteiger partial charge in [0.25, 0.3) is 0 Å². The molecule has 0 N–H and O–H groups in total. The molecule has 3 rings (SSSR count). The third kappa shape index (κ3) is 3.61. The van der Waals surface area contributed by atoms with Crippen LogP contribution < -0.4 is 4.74 Å². The molecule has 0 aromatic heterocycles. The third-order valence-corrected chi connectivity index (χ3v) is 8.70. The number of fused-ring (bicyclic) bond motifs is 1. The Labute approximate surface area is 156 Å². The van der Waals surface area contributed by atoms with Gasteiger partial charge in [0.05, 0.1) is 22.2 Å². The van der Waals surface area contributed by atoms with Crippen molar-refractivity contribution in [2.75, 3.05) is 17.7 Å². The molecule has 0 spiro atoms. The van der Waals surface area contributed by atoms with Crippen LogP contribution in [0.25, 0.3) is 0 Å². The number of benzene rings is 2. The number of alkyl halides is 1. The Morgan fingerprint density at radius 2 is 1.84 bits per heavy atom. The van der Waals surface area contributed by atoms with Crippen LogP contribution in [0, 0.1) is 0 Å². The summed E-state index contributed by atoms with van der Waals surface area (Å²) in [6.45, 7) is 0.454. The van der Waals surface area contributed by atoms with E-state index in [1.165, 1.54) is 18.2 Å². The number of ether oxygens (including phenoxy) is 1. The van der Waals surface area contributed by atoms with E-state index in [9.17, 15) is 16.8 Å². The number of halogens is 1. The zero-order chi connectivity index (χ0) is 18.1. The number of hydrogen-bond acceptors (Lipinski definition) is 5. The summed E-state index contributed by atoms with van der Waals surface area (Å²) in [6, 6.07) is 12.5. The van der Waals surface area contributed by atoms with Crippen LogP contribution in [-0.4, -0.2) is 34.5 Å². The Morgan fingerprint density at radius 1 is 1.12 bits per heavy atom. The fourth-order valence-electron chi connectivity index (χ4n) is 2.79. The molecule has 2 aromatic carbocycles. The largest absolute Gasteiger partial charge is 0.494 e. The van der Waals surface area contributed by atoms with Gasteiger partial charge in [-0.25, -0.2) is 16.8 Å². The molecule has 1 aliphatic heterocycles. The maximum Gasteiger partial charge on any atom is 0.186 e. The summed E-state index contributed by atoms with van der Waals surface area (Å²) in [6.07, 6.45) is 0.787. The number of sulfone groups is 2. The number of hydrogen-bond donors (Lipinski definition) is 0. The van der Waals surface area contributed by atoms with Crippen molar-refractivity contribution in [3.8, 4) is 5.75 Å². The van der Waals surface area contributed by atoms with Crippen molar-refractivity contribution in [3.63, 3.8) is 0 Å². The average Bonchev–Trinajstić information content (AvgIpc) is 2.88. The van der Waals surface area contributed by atoms with Crippen molar-refractivity contribution < 1.29 is 21.6 Å². The first kappa shape index (κ1) is 18.4. The fraction of sp³-hybridized carbons (Fsp3) is 0.294. The highest BCUT2D eigenvalue weighted by atomic mass is 79.9. The van der Waals surface area contributed by atoms with Crippen molar-refractivity contribution in [1.82, 2.24) is 0 Å². The predicted molar refractivity (Wildman–Crippen MR) is 98.8 cm³/mol. The van der Waals surface area contributed by atoms with E-state index in [2.05, 4.69) is 15.9 Å². The van der Waals surface area contributed by atoms with Crippen LogP contribution in [0.2, 0.25) is 0 Å². The molecule has 0 bridgehead atoms. The van der Waals surface area contributed by atoms with Gasteiger partial charge in [-0.2, -0.15) is 0 Å². The lowest BCUT2D eigenvalue weighted by Crippen LogP contribution is -2.15. The van der Waals surface area contributed by atoms with E-state index in [0.717, 1.165) is 11.8 Å². The Balaban J connectivity index is 2.00. The van der Waals surface area contributed by atoms with Gasteiger partial charge in [0.2, 0.25) is 0 Å². The van der Waals surface area contributed by atoms with Gasteiger partial charge in [0.1, 0.15) is 11.0 Å². The topological polar surface area (TPSA) is 77.5 Å². The highest BCUT2D eigenvalue weighted by molar-refractivity contribution is 9.09. The molecule has 134 valence electrons. The minimum Gasteiger partial charge on any atom is -0.494 e. The summed E-state index contributed by atoms with van der Waals surface area (Å²) in [4.78, 5) is 0.175. The van der Waals surface area contributed by atoms with Crippen LogP contribution in [-0.2, 0) is 19.7 Å². The molecular formula is C17H17BrO5S2. The molecule has 5 nitrogen and oxygen atoms in total. The van der Waals surface area contributed by atoms with Crippen LogP contribution in [0.5, 0.6) is 5.75 Å². The summed E-state index contributed by atoms with van der Waals surface area (Å²) in [5, 5.41) is -0.306. The highest BCUT2D eigenvalue weighted by Gasteiger charge is 2.43. The molecule has 0 amide bonds. The van der Waals surface area contributed by atoms with Gasteiger partial charge in [-0.1, -0.05) is 40.2 Å². The maximum atomic E-state index is 12.9. The smallest absolute Gasteiger partial charge is 0.186 e. The summed E-state index contributed by atoms with van der Waals surface area (Å²) in [5.74, 6) is -0.00855. The second-order valence-electron chi connectivity index (χ2n) is 5.72. The normalized spacial score (nSPS) is 18.7. The van der Waals surface area contributed by atoms with Crippen molar-refractivity contribution in [1.29, 1.82) is 0 Å². The van der Waals surface area contributed by atoms with Crippen molar-refractivity contribution in [2.45, 2.75) is 21.5 Å². The molecule has 0 fully saturated rings. The first-order chi connectivity index (χ1) is 11.9. The zero-order valence-electron chi connectivity index (χ0n) is 13.3. The van der Waals surface area contributed by atoms with E-state index in [4.69, 9.17) is 4.74 Å². The molecule has 1 heterocycles. The van der Waals surface area contributed by atoms with Gasteiger partial charge in [0.15, 0.2) is 19.7 Å². The maximum absolute atomic E-state index is 12.9. The van der Waals surface area contributed by atoms with E-state index in [-0.39, 0.29) is 9.79 Å². The summed E-state index contributed by atoms with van der Waals surface area (Å²) >= 11 is 3.30. The van der Waals surface area contributed by atoms with Crippen LogP contribution >= 0.6 is 15.9 Å². The van der Waals surface area contributed by atoms with Gasteiger partial charge in [0, 0.05) is 5.33 Å². The Bertz CT molecular complexity index is 969. The average molecular weight is 445 g/mol. The summed E-state index contributed by atoms with van der Waals surface area (Å²) < 4.78 is 56.3. The van der Waals surface area contributed by atoms with E-state index in [0.29, 0.717) is 17.9 Å². The first-order valence-electron chi connectivity index (χ1n) is 7.70. The van der Waals surface area contributed by atoms with Crippen LogP contribution in [0.15, 0.2) is 58.3 Å². The van der Waals surface area contributed by atoms with E-state index < -0.39 is 30.7 Å². The van der Waals surface area contributed by atoms with E-state index in [1.807, 2.05) is 0 Å². The van der Waals surface area contributed by atoms with Crippen LogP contribution in [0.1, 0.15) is 17.2 Å². The molecule has 1 aliphatic rings. The van der Waals surface area contributed by atoms with Gasteiger partial charge in [-0.3, -0.25) is 0 Å². The second kappa shape index (κ2) is 7.09. The predicted octanol–water partition coefficient (Wildman–Crippen LogP) is 3.15. The summed E-state index contributed by atoms with van der Waals surface area (Å²) in [7, 11) is -7.45. The molecule has 2 aromatic rings. The molecule has 0 radical (unpaired) electrons. The zero-order valence-corrected chi connectivity index (χ0v) is 16.5. The second-order valence-corrected chi connectivity index (χ2v) is 10.6. The van der Waals surface area contributed by atoms with Crippen molar-refractivity contribution in [2.24, 2.45) is 0 Å². The lowest BCUT2D eigenvalue weighted by Gasteiger charge is -2.12. The van der Waals surface area contributed by atoms with E-state index in [1.54, 1.807) is 30.3 Å². The molecule has 1 unspecified atom stereocenters. The summed E-state index contributed by atoms with van der Waals surface area (Å²) in [5.41, 5.74) is 0.316. The van der Waals surface area contributed by atoms with Crippen molar-refractivity contribution in [3.05, 3.63) is 54.1 Å². The van der Waals surface area contributed by atoms with Crippen LogP contribution in [0.3, 0.4) is 0 Å². The Kier molecular flexibility index (Phi) is 5.22. The molecular weight excluding hydrogens is 428 g/mol. The van der Waals surface area contributed by atoms with Gasteiger partial charge < -0.3 is 4.74 Å². The molecule has 0 saturated heterocycles.